The molecule has 0 fully saturated rings. The molecule has 1 aromatic heterocycles. The zero-order valence-electron chi connectivity index (χ0n) is 13.8. The molecule has 2 atom stereocenters. The molecule has 0 saturated carbocycles. The highest BCUT2D eigenvalue weighted by Crippen LogP contribution is 2.23. The molecule has 25 heavy (non-hydrogen) atoms. The zero-order chi connectivity index (χ0) is 17.6. The van der Waals surface area contributed by atoms with Gasteiger partial charge in [0, 0.05) is 10.2 Å². The number of anilines is 1. The second-order valence-corrected chi connectivity index (χ2v) is 6.66. The van der Waals surface area contributed by atoms with Gasteiger partial charge in [-0.05, 0) is 48.9 Å². The highest BCUT2D eigenvalue weighted by atomic mass is 79.9. The van der Waals surface area contributed by atoms with E-state index in [1.165, 1.54) is 0 Å². The van der Waals surface area contributed by atoms with Crippen LogP contribution in [0, 0.1) is 0 Å². The minimum atomic E-state index is -0.404. The summed E-state index contributed by atoms with van der Waals surface area (Å²) in [5.41, 5.74) is 1.80. The Labute approximate surface area is 155 Å². The van der Waals surface area contributed by atoms with Crippen LogP contribution in [-0.4, -0.2) is 11.9 Å². The van der Waals surface area contributed by atoms with E-state index in [0.29, 0.717) is 0 Å². The molecular formula is C20H19BrN2O2. The molecule has 0 aliphatic carbocycles. The number of amides is 1. The van der Waals surface area contributed by atoms with Crippen molar-refractivity contribution in [1.82, 2.24) is 5.32 Å². The van der Waals surface area contributed by atoms with Crippen LogP contribution < -0.4 is 10.6 Å². The molecule has 0 saturated heterocycles. The fourth-order valence-electron chi connectivity index (χ4n) is 2.55. The van der Waals surface area contributed by atoms with Crippen molar-refractivity contribution in [3.05, 3.63) is 88.8 Å². The minimum Gasteiger partial charge on any atom is -0.467 e. The number of nitrogens with one attached hydrogen (secondary N) is 2. The lowest BCUT2D eigenvalue weighted by Gasteiger charge is -2.22. The van der Waals surface area contributed by atoms with Gasteiger partial charge in [-0.25, -0.2) is 0 Å². The molecule has 3 aromatic rings. The zero-order valence-corrected chi connectivity index (χ0v) is 15.4. The molecule has 0 spiro atoms. The second kappa shape index (κ2) is 8.14. The van der Waals surface area contributed by atoms with Crippen LogP contribution in [0.3, 0.4) is 0 Å². The van der Waals surface area contributed by atoms with E-state index in [4.69, 9.17) is 4.42 Å². The molecule has 3 rings (SSSR count). The molecular weight excluding hydrogens is 380 g/mol. The van der Waals surface area contributed by atoms with Gasteiger partial charge in [-0.15, -0.1) is 0 Å². The molecule has 4 nitrogen and oxygen atoms in total. The van der Waals surface area contributed by atoms with E-state index in [1.807, 2.05) is 73.7 Å². The second-order valence-electron chi connectivity index (χ2n) is 5.74. The summed E-state index contributed by atoms with van der Waals surface area (Å²) in [5.74, 6) is 0.671. The molecule has 0 aliphatic heterocycles. The van der Waals surface area contributed by atoms with E-state index in [2.05, 4.69) is 26.6 Å². The first kappa shape index (κ1) is 17.5. The lowest BCUT2D eigenvalue weighted by Crippen LogP contribution is -2.40. The maximum absolute atomic E-state index is 12.5. The van der Waals surface area contributed by atoms with E-state index in [9.17, 15) is 4.79 Å². The predicted octanol–water partition coefficient (Wildman–Crippen LogP) is 4.75. The number of furan rings is 1. The van der Waals surface area contributed by atoms with Crippen LogP contribution in [0.15, 0.2) is 81.9 Å². The van der Waals surface area contributed by atoms with Crippen molar-refractivity contribution in [1.29, 1.82) is 0 Å². The maximum atomic E-state index is 12.5. The van der Waals surface area contributed by atoms with Crippen LogP contribution in [0.5, 0.6) is 0 Å². The Morgan fingerprint density at radius 2 is 1.72 bits per heavy atom. The van der Waals surface area contributed by atoms with Gasteiger partial charge in [0.25, 0.3) is 0 Å². The summed E-state index contributed by atoms with van der Waals surface area (Å²) in [6, 6.07) is 20.6. The predicted molar refractivity (Wildman–Crippen MR) is 102 cm³/mol. The summed E-state index contributed by atoms with van der Waals surface area (Å²) < 4.78 is 6.53. The topological polar surface area (TPSA) is 54.3 Å². The van der Waals surface area contributed by atoms with Crippen LogP contribution in [0.25, 0.3) is 0 Å². The summed E-state index contributed by atoms with van der Waals surface area (Å²) >= 11 is 3.39. The highest BCUT2D eigenvalue weighted by molar-refractivity contribution is 9.10. The molecule has 1 amide bonds. The van der Waals surface area contributed by atoms with E-state index >= 15 is 0 Å². The number of benzene rings is 2. The largest absolute Gasteiger partial charge is 0.467 e. The molecule has 2 aromatic carbocycles. The first-order chi connectivity index (χ1) is 12.1. The van der Waals surface area contributed by atoms with Crippen molar-refractivity contribution in [3.63, 3.8) is 0 Å². The summed E-state index contributed by atoms with van der Waals surface area (Å²) in [5, 5.41) is 6.27. The van der Waals surface area contributed by atoms with Gasteiger partial charge in [-0.1, -0.05) is 46.3 Å². The third-order valence-corrected chi connectivity index (χ3v) is 4.41. The average molecular weight is 399 g/mol. The van der Waals surface area contributed by atoms with Crippen LogP contribution in [-0.2, 0) is 4.79 Å². The van der Waals surface area contributed by atoms with Crippen LogP contribution in [0.1, 0.15) is 24.3 Å². The van der Waals surface area contributed by atoms with Crippen molar-refractivity contribution >= 4 is 27.5 Å². The molecule has 0 bridgehead atoms. The molecule has 128 valence electrons. The molecule has 0 aliphatic rings. The standard InChI is InChI=1S/C20H19BrN2O2/c1-14(20(24)23-17-11-9-16(21)10-12-17)22-19(18-8-5-13-25-18)15-6-3-2-4-7-15/h2-14,19,22H,1H3,(H,23,24)/t14-,19-/m0/s1. The first-order valence-corrected chi connectivity index (χ1v) is 8.83. The molecule has 0 radical (unpaired) electrons. The Bertz CT molecular complexity index is 801. The molecule has 1 heterocycles. The van der Waals surface area contributed by atoms with Gasteiger partial charge in [0.2, 0.25) is 5.91 Å². The molecule has 5 heteroatoms. The number of hydrogen-bond donors (Lipinski definition) is 2. The number of carbonyl (C=O) groups excluding carboxylic acids is 1. The Kier molecular flexibility index (Phi) is 5.68. The summed E-state index contributed by atoms with van der Waals surface area (Å²) in [6.07, 6.45) is 1.64. The number of hydrogen-bond acceptors (Lipinski definition) is 3. The summed E-state index contributed by atoms with van der Waals surface area (Å²) in [6.45, 7) is 1.84. The van der Waals surface area contributed by atoms with Crippen LogP contribution in [0.2, 0.25) is 0 Å². The summed E-state index contributed by atoms with van der Waals surface area (Å²) in [7, 11) is 0. The normalized spacial score (nSPS) is 13.2. The number of rotatable bonds is 6. The van der Waals surface area contributed by atoms with Gasteiger partial charge in [-0.2, -0.15) is 0 Å². The van der Waals surface area contributed by atoms with Gasteiger partial charge in [-0.3, -0.25) is 10.1 Å². The Balaban J connectivity index is 1.72. The maximum Gasteiger partial charge on any atom is 0.241 e. The lowest BCUT2D eigenvalue weighted by molar-refractivity contribution is -0.117. The average Bonchev–Trinajstić information content (AvgIpc) is 3.16. The third kappa shape index (κ3) is 4.59. The number of carbonyl (C=O) groups is 1. The van der Waals surface area contributed by atoms with E-state index in [0.717, 1.165) is 21.5 Å². The first-order valence-electron chi connectivity index (χ1n) is 8.04. The van der Waals surface area contributed by atoms with Crippen molar-refractivity contribution < 1.29 is 9.21 Å². The van der Waals surface area contributed by atoms with Crippen molar-refractivity contribution in [3.8, 4) is 0 Å². The van der Waals surface area contributed by atoms with Crippen molar-refractivity contribution in [2.75, 3.05) is 5.32 Å². The fourth-order valence-corrected chi connectivity index (χ4v) is 2.82. The smallest absolute Gasteiger partial charge is 0.241 e. The van der Waals surface area contributed by atoms with Crippen molar-refractivity contribution in [2.45, 2.75) is 19.0 Å². The van der Waals surface area contributed by atoms with Crippen molar-refractivity contribution in [2.24, 2.45) is 0 Å². The molecule has 0 unspecified atom stereocenters. The Morgan fingerprint density at radius 3 is 2.36 bits per heavy atom. The van der Waals surface area contributed by atoms with Gasteiger partial charge in [0.15, 0.2) is 0 Å². The van der Waals surface area contributed by atoms with E-state index in [1.54, 1.807) is 6.26 Å². The number of halogens is 1. The molecule has 2 N–H and O–H groups in total. The Morgan fingerprint density at radius 1 is 1.00 bits per heavy atom. The fraction of sp³-hybridized carbons (Fsp3) is 0.150. The van der Waals surface area contributed by atoms with Crippen LogP contribution in [0.4, 0.5) is 5.69 Å². The monoisotopic (exact) mass is 398 g/mol. The highest BCUT2D eigenvalue weighted by Gasteiger charge is 2.22. The minimum absolute atomic E-state index is 0.102. The van der Waals surface area contributed by atoms with E-state index < -0.39 is 6.04 Å². The Hall–Kier alpha value is -2.37. The van der Waals surface area contributed by atoms with Gasteiger partial charge in [0.1, 0.15) is 5.76 Å². The van der Waals surface area contributed by atoms with Gasteiger partial charge >= 0.3 is 0 Å². The lowest BCUT2D eigenvalue weighted by atomic mass is 10.0. The summed E-state index contributed by atoms with van der Waals surface area (Å²) in [4.78, 5) is 12.5. The SMILES string of the molecule is C[C@H](N[C@@H](c1ccccc1)c1ccco1)C(=O)Nc1ccc(Br)cc1. The van der Waals surface area contributed by atoms with Crippen LogP contribution >= 0.6 is 15.9 Å². The van der Waals surface area contributed by atoms with E-state index in [-0.39, 0.29) is 11.9 Å². The third-order valence-electron chi connectivity index (χ3n) is 3.88. The van der Waals surface area contributed by atoms with Gasteiger partial charge < -0.3 is 9.73 Å². The quantitative estimate of drug-likeness (QED) is 0.629. The van der Waals surface area contributed by atoms with Gasteiger partial charge in [0.05, 0.1) is 18.3 Å².